The van der Waals surface area contributed by atoms with Crippen molar-refractivity contribution < 1.29 is 14.3 Å². The molecule has 0 unspecified atom stereocenters. The molecule has 0 N–H and O–H groups in total. The Morgan fingerprint density at radius 2 is 2.18 bits per heavy atom. The van der Waals surface area contributed by atoms with Crippen molar-refractivity contribution in [3.05, 3.63) is 24.3 Å². The van der Waals surface area contributed by atoms with Gasteiger partial charge in [-0.15, -0.1) is 0 Å². The average molecular weight is 302 g/mol. The summed E-state index contributed by atoms with van der Waals surface area (Å²) >= 11 is 0. The van der Waals surface area contributed by atoms with Crippen molar-refractivity contribution in [1.29, 1.82) is 0 Å². The lowest BCUT2D eigenvalue weighted by atomic mass is 10.1. The number of rotatable bonds is 3. The molecule has 4 rings (SSSR count). The van der Waals surface area contributed by atoms with E-state index >= 15 is 0 Å². The Morgan fingerprint density at radius 3 is 2.91 bits per heavy atom. The van der Waals surface area contributed by atoms with E-state index < -0.39 is 0 Å². The summed E-state index contributed by atoms with van der Waals surface area (Å²) in [4.78, 5) is 36.2. The second-order valence-electron chi connectivity index (χ2n) is 6.21. The zero-order valence-corrected chi connectivity index (χ0v) is 12.2. The number of aromatic nitrogens is 2. The fourth-order valence-electron chi connectivity index (χ4n) is 3.22. The van der Waals surface area contributed by atoms with Crippen LogP contribution in [0.15, 0.2) is 18.6 Å². The molecule has 116 valence electrons. The average Bonchev–Trinajstić information content (AvgIpc) is 3.26. The van der Waals surface area contributed by atoms with E-state index in [1.54, 1.807) is 11.1 Å². The number of hydrogen-bond donors (Lipinski definition) is 0. The Hall–Kier alpha value is -2.02. The number of amides is 2. The van der Waals surface area contributed by atoms with E-state index in [0.29, 0.717) is 24.7 Å². The second-order valence-corrected chi connectivity index (χ2v) is 6.21. The van der Waals surface area contributed by atoms with Crippen LogP contribution in [0.1, 0.15) is 23.3 Å². The number of carbonyl (C=O) groups is 2. The normalized spacial score (nSPS) is 27.9. The molecule has 1 aromatic rings. The first-order valence-electron chi connectivity index (χ1n) is 7.69. The van der Waals surface area contributed by atoms with Gasteiger partial charge in [0, 0.05) is 32.0 Å². The highest BCUT2D eigenvalue weighted by atomic mass is 16.5. The molecule has 7 heteroatoms. The molecule has 0 aromatic carbocycles. The van der Waals surface area contributed by atoms with Crippen LogP contribution in [0.4, 0.5) is 0 Å². The molecule has 3 heterocycles. The van der Waals surface area contributed by atoms with Crippen LogP contribution in [0.2, 0.25) is 0 Å². The Labute approximate surface area is 128 Å². The topological polar surface area (TPSA) is 75.6 Å². The second kappa shape index (κ2) is 5.31. The third-order valence-electron chi connectivity index (χ3n) is 4.60. The van der Waals surface area contributed by atoms with Crippen LogP contribution < -0.4 is 0 Å². The molecule has 0 radical (unpaired) electrons. The molecule has 22 heavy (non-hydrogen) atoms. The standard InChI is InChI=1S/C15H18N4O3/c20-14-9-22-13-8-18(15(21)11-5-16-3-4-17-11)7-12(13)19(14)6-10-1-2-10/h3-5,10,12-13H,1-2,6-9H2/t12-,13+/m1/s1. The largest absolute Gasteiger partial charge is 0.364 e. The van der Waals surface area contributed by atoms with E-state index in [9.17, 15) is 9.59 Å². The quantitative estimate of drug-likeness (QED) is 0.782. The van der Waals surface area contributed by atoms with Gasteiger partial charge in [0.2, 0.25) is 5.91 Å². The smallest absolute Gasteiger partial charge is 0.274 e. The van der Waals surface area contributed by atoms with Crippen LogP contribution in [-0.4, -0.2) is 70.0 Å². The monoisotopic (exact) mass is 302 g/mol. The summed E-state index contributed by atoms with van der Waals surface area (Å²) in [5.41, 5.74) is 0.334. The van der Waals surface area contributed by atoms with Crippen molar-refractivity contribution in [2.45, 2.75) is 25.0 Å². The number of ether oxygens (including phenoxy) is 1. The highest BCUT2D eigenvalue weighted by Crippen LogP contribution is 2.33. The fraction of sp³-hybridized carbons (Fsp3) is 0.600. The molecule has 3 aliphatic rings. The van der Waals surface area contributed by atoms with Gasteiger partial charge >= 0.3 is 0 Å². The van der Waals surface area contributed by atoms with Crippen molar-refractivity contribution >= 4 is 11.8 Å². The van der Waals surface area contributed by atoms with E-state index in [2.05, 4.69) is 9.97 Å². The first kappa shape index (κ1) is 13.6. The van der Waals surface area contributed by atoms with Crippen molar-refractivity contribution in [2.24, 2.45) is 5.92 Å². The lowest BCUT2D eigenvalue weighted by Crippen LogP contribution is -2.54. The molecule has 2 amide bonds. The van der Waals surface area contributed by atoms with Gasteiger partial charge in [0.05, 0.1) is 18.3 Å². The Bertz CT molecular complexity index is 590. The molecule has 7 nitrogen and oxygen atoms in total. The van der Waals surface area contributed by atoms with Crippen molar-refractivity contribution in [3.63, 3.8) is 0 Å². The number of likely N-dealkylation sites (tertiary alicyclic amines) is 1. The molecule has 1 aromatic heterocycles. The zero-order valence-electron chi connectivity index (χ0n) is 12.2. The van der Waals surface area contributed by atoms with Gasteiger partial charge in [0.1, 0.15) is 12.3 Å². The lowest BCUT2D eigenvalue weighted by molar-refractivity contribution is -0.153. The summed E-state index contributed by atoms with van der Waals surface area (Å²) in [6.07, 6.45) is 6.83. The Kier molecular flexibility index (Phi) is 3.29. The van der Waals surface area contributed by atoms with Gasteiger partial charge < -0.3 is 14.5 Å². The molecule has 2 saturated heterocycles. The molecular weight excluding hydrogens is 284 g/mol. The molecule has 0 bridgehead atoms. The summed E-state index contributed by atoms with van der Waals surface area (Å²) < 4.78 is 5.64. The lowest BCUT2D eigenvalue weighted by Gasteiger charge is -2.36. The molecular formula is C15H18N4O3. The van der Waals surface area contributed by atoms with Gasteiger partial charge in [0.15, 0.2) is 0 Å². The molecule has 2 atom stereocenters. The molecule has 3 fully saturated rings. The summed E-state index contributed by atoms with van der Waals surface area (Å²) in [5.74, 6) is 0.527. The number of nitrogens with zero attached hydrogens (tertiary/aromatic N) is 4. The maximum absolute atomic E-state index is 12.5. The zero-order chi connectivity index (χ0) is 15.1. The molecule has 2 aliphatic heterocycles. The van der Waals surface area contributed by atoms with E-state index in [-0.39, 0.29) is 30.6 Å². The number of fused-ring (bicyclic) bond motifs is 1. The first-order valence-corrected chi connectivity index (χ1v) is 7.69. The summed E-state index contributed by atoms with van der Waals surface area (Å²) in [6, 6.07) is -0.0255. The van der Waals surface area contributed by atoms with Crippen molar-refractivity contribution in [3.8, 4) is 0 Å². The van der Waals surface area contributed by atoms with Crippen molar-refractivity contribution in [1.82, 2.24) is 19.8 Å². The van der Waals surface area contributed by atoms with Crippen LogP contribution in [0.5, 0.6) is 0 Å². The summed E-state index contributed by atoms with van der Waals surface area (Å²) in [5, 5.41) is 0. The maximum Gasteiger partial charge on any atom is 0.274 e. The fourth-order valence-corrected chi connectivity index (χ4v) is 3.22. The Balaban J connectivity index is 1.49. The summed E-state index contributed by atoms with van der Waals surface area (Å²) in [6.45, 7) is 1.95. The number of carbonyl (C=O) groups excluding carboxylic acids is 2. The molecule has 0 spiro atoms. The highest BCUT2D eigenvalue weighted by molar-refractivity contribution is 5.92. The SMILES string of the molecule is O=C(c1cnccn1)N1C[C@@H]2OCC(=O)N(CC3CC3)[C@@H]2C1. The minimum absolute atomic E-state index is 0.0255. The van der Waals surface area contributed by atoms with E-state index in [1.165, 1.54) is 25.2 Å². The van der Waals surface area contributed by atoms with Gasteiger partial charge in [-0.3, -0.25) is 14.6 Å². The third kappa shape index (κ3) is 2.45. The highest BCUT2D eigenvalue weighted by Gasteiger charge is 2.46. The van der Waals surface area contributed by atoms with Crippen LogP contribution >= 0.6 is 0 Å². The van der Waals surface area contributed by atoms with Gasteiger partial charge in [-0.2, -0.15) is 0 Å². The number of hydrogen-bond acceptors (Lipinski definition) is 5. The predicted octanol–water partition coefficient (Wildman–Crippen LogP) is -0.0616. The maximum atomic E-state index is 12.5. The van der Waals surface area contributed by atoms with Gasteiger partial charge in [-0.1, -0.05) is 0 Å². The minimum Gasteiger partial charge on any atom is -0.364 e. The van der Waals surface area contributed by atoms with Crippen LogP contribution in [0.3, 0.4) is 0 Å². The van der Waals surface area contributed by atoms with E-state index in [1.807, 2.05) is 4.90 Å². The predicted molar refractivity (Wildman–Crippen MR) is 75.9 cm³/mol. The van der Waals surface area contributed by atoms with Crippen molar-refractivity contribution in [2.75, 3.05) is 26.2 Å². The van der Waals surface area contributed by atoms with Gasteiger partial charge in [-0.25, -0.2) is 4.98 Å². The van der Waals surface area contributed by atoms with E-state index in [4.69, 9.17) is 4.74 Å². The number of morpholine rings is 1. The Morgan fingerprint density at radius 1 is 1.32 bits per heavy atom. The molecule has 1 aliphatic carbocycles. The van der Waals surface area contributed by atoms with Crippen LogP contribution in [-0.2, 0) is 9.53 Å². The van der Waals surface area contributed by atoms with E-state index in [0.717, 1.165) is 6.54 Å². The van der Waals surface area contributed by atoms with Crippen LogP contribution in [0.25, 0.3) is 0 Å². The first-order chi connectivity index (χ1) is 10.7. The van der Waals surface area contributed by atoms with Gasteiger partial charge in [0.25, 0.3) is 5.91 Å². The minimum atomic E-state index is -0.148. The van der Waals surface area contributed by atoms with Gasteiger partial charge in [-0.05, 0) is 18.8 Å². The van der Waals surface area contributed by atoms with Crippen LogP contribution in [0, 0.1) is 5.92 Å². The molecule has 1 saturated carbocycles. The summed E-state index contributed by atoms with van der Waals surface area (Å²) in [7, 11) is 0. The third-order valence-corrected chi connectivity index (χ3v) is 4.60.